The van der Waals surface area contributed by atoms with Gasteiger partial charge in [-0.15, -0.1) is 12.3 Å². The van der Waals surface area contributed by atoms with Crippen LogP contribution in [0.1, 0.15) is 106 Å². The summed E-state index contributed by atoms with van der Waals surface area (Å²) in [5.41, 5.74) is 5.32. The smallest absolute Gasteiger partial charge is 0.312 e. The number of primary amides is 1. The molecule has 224 valence electrons. The molecule has 0 spiro atoms. The highest BCUT2D eigenvalue weighted by Crippen LogP contribution is 2.29. The Morgan fingerprint density at radius 3 is 2.05 bits per heavy atom. The van der Waals surface area contributed by atoms with Crippen molar-refractivity contribution in [1.29, 1.82) is 0 Å². The molecule has 2 fully saturated rings. The van der Waals surface area contributed by atoms with Crippen LogP contribution in [0.2, 0.25) is 0 Å². The van der Waals surface area contributed by atoms with Gasteiger partial charge in [-0.1, -0.05) is 53.4 Å². The highest BCUT2D eigenvalue weighted by molar-refractivity contribution is 5.94. The number of hydrogen-bond acceptors (Lipinski definition) is 5. The molecular formula is C29H53N5O5. The van der Waals surface area contributed by atoms with Crippen LogP contribution in [-0.4, -0.2) is 66.2 Å². The van der Waals surface area contributed by atoms with E-state index in [1.165, 1.54) is 18.2 Å². The van der Waals surface area contributed by atoms with Crippen molar-refractivity contribution < 1.29 is 24.0 Å². The van der Waals surface area contributed by atoms with Gasteiger partial charge in [0.25, 0.3) is 0 Å². The SMILES string of the molecule is C#CCCC(NC(=O)C1CCCN1C(=O)C(NC(N)=O)C1CCCCC1)C(C)=O.CC.CCC.CCNC=O. The average molecular weight is 552 g/mol. The molecule has 1 saturated heterocycles. The molecule has 0 bridgehead atoms. The van der Waals surface area contributed by atoms with Gasteiger partial charge in [0.1, 0.15) is 12.1 Å². The molecule has 2 rings (SSSR count). The van der Waals surface area contributed by atoms with Crippen molar-refractivity contribution in [2.24, 2.45) is 11.7 Å². The molecular weight excluding hydrogens is 498 g/mol. The third-order valence-electron chi connectivity index (χ3n) is 6.20. The predicted molar refractivity (Wildman–Crippen MR) is 156 cm³/mol. The van der Waals surface area contributed by atoms with Crippen molar-refractivity contribution in [3.8, 4) is 12.3 Å². The zero-order valence-electron chi connectivity index (χ0n) is 25.0. The van der Waals surface area contributed by atoms with E-state index >= 15 is 0 Å². The van der Waals surface area contributed by atoms with Gasteiger partial charge in [-0.3, -0.25) is 19.2 Å². The average Bonchev–Trinajstić information content (AvgIpc) is 3.42. The molecule has 0 aromatic rings. The lowest BCUT2D eigenvalue weighted by atomic mass is 9.83. The van der Waals surface area contributed by atoms with Crippen molar-refractivity contribution in [2.45, 2.75) is 124 Å². The normalized spacial score (nSPS) is 17.6. The highest BCUT2D eigenvalue weighted by atomic mass is 16.2. The minimum Gasteiger partial charge on any atom is -0.359 e. The van der Waals surface area contributed by atoms with Crippen molar-refractivity contribution in [1.82, 2.24) is 20.9 Å². The summed E-state index contributed by atoms with van der Waals surface area (Å²) in [5, 5.41) is 7.79. The second kappa shape index (κ2) is 24.0. The highest BCUT2D eigenvalue weighted by Gasteiger charge is 2.41. The summed E-state index contributed by atoms with van der Waals surface area (Å²) in [6, 6.07) is -2.77. The number of Topliss-reactive ketones (excluding diaryl/α,β-unsaturated/α-hetero) is 1. The van der Waals surface area contributed by atoms with E-state index in [4.69, 9.17) is 12.2 Å². The Balaban J connectivity index is 0. The Bertz CT molecular complexity index is 762. The number of amides is 5. The van der Waals surface area contributed by atoms with E-state index in [2.05, 4.69) is 35.7 Å². The molecule has 1 heterocycles. The number of likely N-dealkylation sites (tertiary alicyclic amines) is 1. The zero-order chi connectivity index (χ0) is 30.2. The van der Waals surface area contributed by atoms with Gasteiger partial charge in [0.15, 0.2) is 5.78 Å². The minimum absolute atomic E-state index is 0.0219. The molecule has 3 atom stereocenters. The number of nitrogens with two attached hydrogens (primary N) is 1. The maximum absolute atomic E-state index is 13.3. The summed E-state index contributed by atoms with van der Waals surface area (Å²) >= 11 is 0. The Hall–Kier alpha value is -3.09. The lowest BCUT2D eigenvalue weighted by Crippen LogP contribution is -2.57. The van der Waals surface area contributed by atoms with Crippen molar-refractivity contribution in [3.63, 3.8) is 0 Å². The first-order chi connectivity index (χ1) is 18.7. The van der Waals surface area contributed by atoms with Crippen LogP contribution in [0.4, 0.5) is 4.79 Å². The number of terminal acetylenes is 1. The molecule has 1 aliphatic carbocycles. The van der Waals surface area contributed by atoms with Crippen LogP contribution in [0.15, 0.2) is 0 Å². The lowest BCUT2D eigenvalue weighted by Gasteiger charge is -2.34. The summed E-state index contributed by atoms with van der Waals surface area (Å²) in [4.78, 5) is 60.3. The van der Waals surface area contributed by atoms with Gasteiger partial charge in [-0.25, -0.2) is 4.79 Å². The Morgan fingerprint density at radius 1 is 1.03 bits per heavy atom. The summed E-state index contributed by atoms with van der Waals surface area (Å²) in [5.74, 6) is 1.71. The number of rotatable bonds is 10. The number of nitrogens with zero attached hydrogens (tertiary/aromatic N) is 1. The maximum atomic E-state index is 13.3. The lowest BCUT2D eigenvalue weighted by molar-refractivity contribution is -0.141. The van der Waals surface area contributed by atoms with Gasteiger partial charge < -0.3 is 26.6 Å². The fourth-order valence-corrected chi connectivity index (χ4v) is 4.44. The summed E-state index contributed by atoms with van der Waals surface area (Å²) in [6.45, 7) is 12.7. The van der Waals surface area contributed by atoms with Crippen molar-refractivity contribution in [3.05, 3.63) is 0 Å². The molecule has 3 unspecified atom stereocenters. The summed E-state index contributed by atoms with van der Waals surface area (Å²) in [6.07, 6.45) is 14.0. The van der Waals surface area contributed by atoms with Gasteiger partial charge in [-0.2, -0.15) is 0 Å². The fraction of sp³-hybridized carbons (Fsp3) is 0.759. The van der Waals surface area contributed by atoms with Crippen molar-refractivity contribution in [2.75, 3.05) is 13.1 Å². The van der Waals surface area contributed by atoms with Gasteiger partial charge in [0, 0.05) is 19.5 Å². The van der Waals surface area contributed by atoms with Crippen LogP contribution in [0.5, 0.6) is 0 Å². The molecule has 1 saturated carbocycles. The third kappa shape index (κ3) is 15.8. The van der Waals surface area contributed by atoms with E-state index in [9.17, 15) is 24.0 Å². The molecule has 5 N–H and O–H groups in total. The number of carbonyl (C=O) groups excluding carboxylic acids is 5. The monoisotopic (exact) mass is 551 g/mol. The largest absolute Gasteiger partial charge is 0.359 e. The number of carbonyl (C=O) groups is 5. The number of ketones is 1. The number of nitrogens with one attached hydrogen (secondary N) is 3. The van der Waals surface area contributed by atoms with Gasteiger partial charge in [0.05, 0.1) is 6.04 Å². The molecule has 5 amide bonds. The van der Waals surface area contributed by atoms with Crippen LogP contribution in [0, 0.1) is 18.3 Å². The van der Waals surface area contributed by atoms with E-state index in [0.717, 1.165) is 38.6 Å². The number of hydrogen-bond donors (Lipinski definition) is 4. The van der Waals surface area contributed by atoms with E-state index in [0.29, 0.717) is 38.6 Å². The second-order valence-electron chi connectivity index (χ2n) is 9.37. The molecule has 2 aliphatic rings. The molecule has 10 heteroatoms. The predicted octanol–water partition coefficient (Wildman–Crippen LogP) is 3.28. The minimum atomic E-state index is -0.736. The van der Waals surface area contributed by atoms with Crippen LogP contribution in [0.25, 0.3) is 0 Å². The first-order valence-electron chi connectivity index (χ1n) is 14.5. The Labute approximate surface area is 236 Å². The summed E-state index contributed by atoms with van der Waals surface area (Å²) < 4.78 is 0. The first kappa shape index (κ1) is 38.1. The zero-order valence-corrected chi connectivity index (χ0v) is 25.0. The quantitative estimate of drug-likeness (QED) is 0.243. The van der Waals surface area contributed by atoms with Crippen molar-refractivity contribution >= 4 is 30.0 Å². The van der Waals surface area contributed by atoms with Gasteiger partial charge in [-0.05, 0) is 51.9 Å². The van der Waals surface area contributed by atoms with Gasteiger partial charge in [0.2, 0.25) is 18.2 Å². The molecule has 0 aromatic heterocycles. The maximum Gasteiger partial charge on any atom is 0.312 e. The molecule has 39 heavy (non-hydrogen) atoms. The molecule has 0 radical (unpaired) electrons. The van der Waals surface area contributed by atoms with E-state index in [1.54, 1.807) is 0 Å². The van der Waals surface area contributed by atoms with Crippen LogP contribution >= 0.6 is 0 Å². The van der Waals surface area contributed by atoms with Gasteiger partial charge >= 0.3 is 6.03 Å². The second-order valence-corrected chi connectivity index (χ2v) is 9.37. The molecule has 10 nitrogen and oxygen atoms in total. The van der Waals surface area contributed by atoms with E-state index < -0.39 is 24.2 Å². The Kier molecular flexibility index (Phi) is 23.4. The first-order valence-corrected chi connectivity index (χ1v) is 14.5. The fourth-order valence-electron chi connectivity index (χ4n) is 4.44. The molecule has 0 aromatic carbocycles. The third-order valence-corrected chi connectivity index (χ3v) is 6.20. The van der Waals surface area contributed by atoms with E-state index in [1.807, 2.05) is 20.8 Å². The van der Waals surface area contributed by atoms with Crippen LogP contribution < -0.4 is 21.7 Å². The van der Waals surface area contributed by atoms with Crippen LogP contribution in [0.3, 0.4) is 0 Å². The van der Waals surface area contributed by atoms with E-state index in [-0.39, 0.29) is 23.5 Å². The van der Waals surface area contributed by atoms with Crippen LogP contribution in [-0.2, 0) is 19.2 Å². The standard InChI is InChI=1S/C21H32N4O4.C3H7NO.C3H8.C2H6/c1-3-4-11-16(14(2)26)23-19(27)17-12-8-13-25(17)20(28)18(24-21(22)29)15-9-6-5-7-10-15;1-2-4-3-5;1-3-2;1-2/h1,15-18H,4-13H2,2H3,(H,23,27)(H3,22,24,29);3H,2H2,1H3,(H,4,5);3H2,1-2H3;1-2H3. The number of urea groups is 1. The topological polar surface area (TPSA) is 151 Å². The molecule has 1 aliphatic heterocycles. The Morgan fingerprint density at radius 2 is 1.62 bits per heavy atom. The summed E-state index contributed by atoms with van der Waals surface area (Å²) in [7, 11) is 0.